The van der Waals surface area contributed by atoms with E-state index in [0.29, 0.717) is 5.19 Å². The van der Waals surface area contributed by atoms with Crippen molar-refractivity contribution in [3.05, 3.63) is 48.2 Å². The molecule has 0 unspecified atom stereocenters. The first-order valence-corrected chi connectivity index (χ1v) is 9.99. The molecule has 2 aromatic heterocycles. The third-order valence-corrected chi connectivity index (χ3v) is 5.84. The second-order valence-corrected chi connectivity index (χ2v) is 7.76. The lowest BCUT2D eigenvalue weighted by molar-refractivity contribution is -0.123. The van der Waals surface area contributed by atoms with Gasteiger partial charge in [0.25, 0.3) is 5.19 Å². The number of carbonyl (C=O) groups is 1. The Balaban J connectivity index is 1.29. The highest BCUT2D eigenvalue weighted by Crippen LogP contribution is 2.30. The van der Waals surface area contributed by atoms with Gasteiger partial charge in [-0.05, 0) is 62.2 Å². The number of piperidine rings is 1. The van der Waals surface area contributed by atoms with Crippen LogP contribution in [-0.2, 0) is 11.2 Å². The molecule has 1 aromatic carbocycles. The van der Waals surface area contributed by atoms with Gasteiger partial charge in [-0.15, -0.1) is 0 Å². The zero-order valence-corrected chi connectivity index (χ0v) is 15.8. The van der Waals surface area contributed by atoms with Gasteiger partial charge in [-0.1, -0.05) is 23.5 Å². The van der Waals surface area contributed by atoms with E-state index in [2.05, 4.69) is 27.0 Å². The van der Waals surface area contributed by atoms with Crippen LogP contribution < -0.4 is 10.5 Å². The van der Waals surface area contributed by atoms with Gasteiger partial charge in [0, 0.05) is 18.7 Å². The molecule has 0 saturated carbocycles. The number of hydrogen-bond donors (Lipinski definition) is 1. The first-order chi connectivity index (χ1) is 13.2. The first kappa shape index (κ1) is 17.9. The van der Waals surface area contributed by atoms with Crippen molar-refractivity contribution >= 4 is 27.6 Å². The molecule has 7 heteroatoms. The molecule has 0 atom stereocenters. The Morgan fingerprint density at radius 1 is 1.22 bits per heavy atom. The number of amides is 1. The molecule has 0 aliphatic carbocycles. The molecule has 1 amide bonds. The third kappa shape index (κ3) is 4.43. The van der Waals surface area contributed by atoms with Crippen LogP contribution in [0.1, 0.15) is 18.4 Å². The summed E-state index contributed by atoms with van der Waals surface area (Å²) < 4.78 is 5.86. The van der Waals surface area contributed by atoms with Crippen LogP contribution >= 0.6 is 11.3 Å². The number of rotatable bonds is 6. The van der Waals surface area contributed by atoms with Crippen molar-refractivity contribution in [2.24, 2.45) is 11.7 Å². The Kier molecular flexibility index (Phi) is 5.31. The third-order valence-electron chi connectivity index (χ3n) is 4.98. The SMILES string of the molecule is NC(=O)C1CCN(CCc2ccc(Oc3nc4cccnc4s3)cc2)CC1. The highest BCUT2D eigenvalue weighted by Gasteiger charge is 2.22. The van der Waals surface area contributed by atoms with Gasteiger partial charge in [0.15, 0.2) is 0 Å². The molecule has 1 aliphatic rings. The predicted molar refractivity (Wildman–Crippen MR) is 106 cm³/mol. The number of pyridine rings is 1. The van der Waals surface area contributed by atoms with E-state index >= 15 is 0 Å². The van der Waals surface area contributed by atoms with Crippen molar-refractivity contribution in [3.8, 4) is 10.9 Å². The Labute approximate surface area is 162 Å². The normalized spacial score (nSPS) is 15.9. The van der Waals surface area contributed by atoms with E-state index in [1.54, 1.807) is 6.20 Å². The number of thiazole rings is 1. The number of primary amides is 1. The van der Waals surface area contributed by atoms with Gasteiger partial charge in [-0.3, -0.25) is 4.79 Å². The molecule has 0 bridgehead atoms. The minimum Gasteiger partial charge on any atom is -0.431 e. The molecule has 1 fully saturated rings. The largest absolute Gasteiger partial charge is 0.431 e. The van der Waals surface area contributed by atoms with Crippen LogP contribution in [0.3, 0.4) is 0 Å². The number of benzene rings is 1. The van der Waals surface area contributed by atoms with E-state index in [9.17, 15) is 4.79 Å². The molecule has 6 nitrogen and oxygen atoms in total. The summed E-state index contributed by atoms with van der Waals surface area (Å²) in [4.78, 5) is 23.2. The topological polar surface area (TPSA) is 81.3 Å². The summed E-state index contributed by atoms with van der Waals surface area (Å²) in [6.45, 7) is 2.89. The maximum absolute atomic E-state index is 11.2. The van der Waals surface area contributed by atoms with Crippen LogP contribution in [0, 0.1) is 5.92 Å². The van der Waals surface area contributed by atoms with E-state index in [1.165, 1.54) is 16.9 Å². The molecule has 3 aromatic rings. The lowest BCUT2D eigenvalue weighted by Crippen LogP contribution is -2.39. The second kappa shape index (κ2) is 8.02. The van der Waals surface area contributed by atoms with Gasteiger partial charge in [-0.2, -0.15) is 0 Å². The molecule has 27 heavy (non-hydrogen) atoms. The van der Waals surface area contributed by atoms with Crippen LogP contribution in [0.2, 0.25) is 0 Å². The van der Waals surface area contributed by atoms with Gasteiger partial charge in [-0.25, -0.2) is 9.97 Å². The molecular formula is C20H22N4O2S. The van der Waals surface area contributed by atoms with E-state index in [1.807, 2.05) is 24.3 Å². The number of likely N-dealkylation sites (tertiary alicyclic amines) is 1. The van der Waals surface area contributed by atoms with E-state index in [4.69, 9.17) is 10.5 Å². The molecule has 1 aliphatic heterocycles. The fraction of sp³-hybridized carbons (Fsp3) is 0.350. The van der Waals surface area contributed by atoms with Crippen molar-refractivity contribution in [3.63, 3.8) is 0 Å². The minimum atomic E-state index is -0.158. The Bertz CT molecular complexity index is 884. The van der Waals surface area contributed by atoms with E-state index in [0.717, 1.165) is 55.0 Å². The smallest absolute Gasteiger partial charge is 0.281 e. The van der Waals surface area contributed by atoms with E-state index < -0.39 is 0 Å². The molecule has 140 valence electrons. The Morgan fingerprint density at radius 2 is 2.00 bits per heavy atom. The average Bonchev–Trinajstić information content (AvgIpc) is 3.10. The summed E-state index contributed by atoms with van der Waals surface area (Å²) in [5, 5.41) is 0.605. The van der Waals surface area contributed by atoms with Crippen LogP contribution in [0.5, 0.6) is 10.9 Å². The fourth-order valence-corrected chi connectivity index (χ4v) is 4.13. The highest BCUT2D eigenvalue weighted by molar-refractivity contribution is 7.19. The molecule has 0 spiro atoms. The Morgan fingerprint density at radius 3 is 2.70 bits per heavy atom. The second-order valence-electron chi connectivity index (χ2n) is 6.82. The summed E-state index contributed by atoms with van der Waals surface area (Å²) in [6.07, 6.45) is 4.49. The summed E-state index contributed by atoms with van der Waals surface area (Å²) >= 11 is 1.44. The van der Waals surface area contributed by atoms with Crippen LogP contribution in [0.25, 0.3) is 10.3 Å². The van der Waals surface area contributed by atoms with Crippen molar-refractivity contribution in [1.29, 1.82) is 0 Å². The van der Waals surface area contributed by atoms with Crippen molar-refractivity contribution in [2.45, 2.75) is 19.3 Å². The van der Waals surface area contributed by atoms with Crippen LogP contribution in [0.15, 0.2) is 42.6 Å². The van der Waals surface area contributed by atoms with Gasteiger partial charge in [0.05, 0.1) is 0 Å². The number of nitrogens with zero attached hydrogens (tertiary/aromatic N) is 3. The summed E-state index contributed by atoms with van der Waals surface area (Å²) in [6, 6.07) is 12.0. The van der Waals surface area contributed by atoms with Gasteiger partial charge in [0.2, 0.25) is 5.91 Å². The number of nitrogens with two attached hydrogens (primary N) is 1. The van der Waals surface area contributed by atoms with Crippen LogP contribution in [0.4, 0.5) is 0 Å². The summed E-state index contributed by atoms with van der Waals surface area (Å²) in [5.74, 6) is 0.671. The van der Waals surface area contributed by atoms with Crippen molar-refractivity contribution in [1.82, 2.24) is 14.9 Å². The fourth-order valence-electron chi connectivity index (χ4n) is 3.35. The molecule has 0 radical (unpaired) electrons. The monoisotopic (exact) mass is 382 g/mol. The standard InChI is InChI=1S/C20H22N4O2S/c21-18(25)15-8-12-24(13-9-15)11-7-14-3-5-16(6-4-14)26-20-23-17-2-1-10-22-19(17)27-20/h1-6,10,15H,7-9,11-13H2,(H2,21,25). The van der Waals surface area contributed by atoms with Gasteiger partial charge in [0.1, 0.15) is 16.1 Å². The molecule has 4 rings (SSSR count). The number of fused-ring (bicyclic) bond motifs is 1. The summed E-state index contributed by atoms with van der Waals surface area (Å²) in [5.41, 5.74) is 7.52. The summed E-state index contributed by atoms with van der Waals surface area (Å²) in [7, 11) is 0. The number of aromatic nitrogens is 2. The van der Waals surface area contributed by atoms with Gasteiger partial charge < -0.3 is 15.4 Å². The number of hydrogen-bond acceptors (Lipinski definition) is 6. The van der Waals surface area contributed by atoms with Crippen molar-refractivity contribution in [2.75, 3.05) is 19.6 Å². The molecule has 3 heterocycles. The first-order valence-electron chi connectivity index (χ1n) is 9.17. The van der Waals surface area contributed by atoms with Gasteiger partial charge >= 0.3 is 0 Å². The zero-order chi connectivity index (χ0) is 18.6. The predicted octanol–water partition coefficient (Wildman–Crippen LogP) is 3.22. The molecule has 1 saturated heterocycles. The van der Waals surface area contributed by atoms with Crippen molar-refractivity contribution < 1.29 is 9.53 Å². The highest BCUT2D eigenvalue weighted by atomic mass is 32.1. The lowest BCUT2D eigenvalue weighted by atomic mass is 9.96. The molecular weight excluding hydrogens is 360 g/mol. The maximum atomic E-state index is 11.2. The minimum absolute atomic E-state index is 0.0513. The van der Waals surface area contributed by atoms with Crippen LogP contribution in [-0.4, -0.2) is 40.4 Å². The maximum Gasteiger partial charge on any atom is 0.281 e. The molecule has 2 N–H and O–H groups in total. The Hall–Kier alpha value is -2.51. The average molecular weight is 382 g/mol. The quantitative estimate of drug-likeness (QED) is 0.708. The lowest BCUT2D eigenvalue weighted by Gasteiger charge is -2.30. The number of carbonyl (C=O) groups excluding carboxylic acids is 1. The zero-order valence-electron chi connectivity index (χ0n) is 15.0. The van der Waals surface area contributed by atoms with E-state index in [-0.39, 0.29) is 11.8 Å². The number of ether oxygens (including phenoxy) is 1.